The number of nitrogens with one attached hydrogen (secondary N) is 3. The molecule has 0 spiro atoms. The van der Waals surface area contributed by atoms with Gasteiger partial charge < -0.3 is 29.9 Å². The van der Waals surface area contributed by atoms with E-state index >= 15 is 0 Å². The van der Waals surface area contributed by atoms with Crippen LogP contribution >= 0.6 is 0 Å². The van der Waals surface area contributed by atoms with Gasteiger partial charge in [-0.05, 0) is 98.2 Å². The van der Waals surface area contributed by atoms with Crippen molar-refractivity contribution in [3.05, 3.63) is 135 Å². The summed E-state index contributed by atoms with van der Waals surface area (Å²) in [6.45, 7) is 9.58. The molecule has 0 unspecified atom stereocenters. The molecule has 8 rings (SSSR count). The molecule has 4 heterocycles. The first kappa shape index (κ1) is 54.6. The number of carbonyl (C=O) groups is 3. The van der Waals surface area contributed by atoms with Crippen LogP contribution in [0.1, 0.15) is 97.2 Å². The number of hydrazine groups is 1. The van der Waals surface area contributed by atoms with E-state index in [0.29, 0.717) is 113 Å². The third-order valence-corrected chi connectivity index (χ3v) is 15.9. The molecular formula is C55H66N7O11S2+. The molecule has 4 aromatic carbocycles. The van der Waals surface area contributed by atoms with Gasteiger partial charge in [-0.1, -0.05) is 42.5 Å². The van der Waals surface area contributed by atoms with Gasteiger partial charge in [0.15, 0.2) is 5.54 Å². The molecule has 0 aliphatic carbocycles. The lowest BCUT2D eigenvalue weighted by molar-refractivity contribution is -0.121. The fourth-order valence-corrected chi connectivity index (χ4v) is 11.7. The molecule has 18 nitrogen and oxygen atoms in total. The van der Waals surface area contributed by atoms with Crippen molar-refractivity contribution in [1.29, 1.82) is 0 Å². The number of rotatable bonds is 20. The third kappa shape index (κ3) is 11.9. The van der Waals surface area contributed by atoms with Crippen molar-refractivity contribution < 1.29 is 50.2 Å². The largest absolute Gasteiger partial charge is 0.478 e. The smallest absolute Gasteiger partial charge is 0.336 e. The predicted molar refractivity (Wildman–Crippen MR) is 290 cm³/mol. The standard InChI is InChI=1S/C55H65N7O11S2/c1-54(2)29-36(32-74(67,68)69)40-25-42-47(27-45(40)60(54)7)73-48-28-46-41(37(33-75(70,71)72)30-55(3,4)61(46)8)26-43(48)52(42)39-17-14-16-35(51(39)53(65)66)24-50(64)58-21-13-9-12-20-57-49(63)19-22-62-38(31-59(6)56-5)23-34-15-10-11-18-44(34)62/h10-11,14-18,23,25-30,56H,9,12-13,19-22,24,31-33H2,1-8H3,(H4-,57,58,63,64,65,66,67,68,69,70,71,72)/p+1. The quantitative estimate of drug-likeness (QED) is 0.0256. The minimum absolute atomic E-state index is 0.0548. The van der Waals surface area contributed by atoms with Crippen molar-refractivity contribution in [2.75, 3.05) is 57.7 Å². The molecule has 6 N–H and O–H groups in total. The highest BCUT2D eigenvalue weighted by molar-refractivity contribution is 7.86. The molecule has 3 aliphatic rings. The number of likely N-dealkylation sites (N-methyl/N-ethyl adjacent to an activating group) is 2. The first-order valence-corrected chi connectivity index (χ1v) is 28.1. The minimum Gasteiger partial charge on any atom is -0.478 e. The Morgan fingerprint density at radius 1 is 0.773 bits per heavy atom. The van der Waals surface area contributed by atoms with Crippen LogP contribution in [0.4, 0.5) is 5.69 Å². The van der Waals surface area contributed by atoms with E-state index in [0.717, 1.165) is 16.6 Å². The van der Waals surface area contributed by atoms with Crippen LogP contribution < -0.4 is 40.8 Å². The van der Waals surface area contributed by atoms with E-state index in [1.54, 1.807) is 54.6 Å². The van der Waals surface area contributed by atoms with Gasteiger partial charge in [0.1, 0.15) is 30.1 Å². The Balaban J connectivity index is 1.05. The first-order valence-electron chi connectivity index (χ1n) is 24.8. The van der Waals surface area contributed by atoms with Gasteiger partial charge in [-0.3, -0.25) is 24.1 Å². The maximum Gasteiger partial charge on any atom is 0.336 e. The maximum atomic E-state index is 13.6. The van der Waals surface area contributed by atoms with E-state index in [1.807, 2.05) is 82.5 Å². The van der Waals surface area contributed by atoms with E-state index in [2.05, 4.69) is 38.8 Å². The number of benzene rings is 4. The van der Waals surface area contributed by atoms with Crippen LogP contribution in [-0.2, 0) is 49.3 Å². The Kier molecular flexibility index (Phi) is 15.4. The van der Waals surface area contributed by atoms with Gasteiger partial charge in [-0.2, -0.15) is 16.8 Å². The van der Waals surface area contributed by atoms with E-state index in [9.17, 15) is 45.4 Å². The Bertz CT molecular complexity index is 3580. The van der Waals surface area contributed by atoms with Crippen LogP contribution in [0, 0.1) is 0 Å². The van der Waals surface area contributed by atoms with Gasteiger partial charge in [-0.25, -0.2) is 14.4 Å². The molecule has 1 aromatic heterocycles. The summed E-state index contributed by atoms with van der Waals surface area (Å²) in [5, 5.41) is 21.1. The summed E-state index contributed by atoms with van der Waals surface area (Å²) in [7, 11) is -1.54. The summed E-state index contributed by atoms with van der Waals surface area (Å²) in [4.78, 5) is 42.1. The minimum atomic E-state index is -4.52. The van der Waals surface area contributed by atoms with Gasteiger partial charge in [0.05, 0.1) is 35.7 Å². The molecule has 398 valence electrons. The SMILES string of the molecule is CNN(C)Cc1cc2ccccc2n1CCC(=O)NCCCCCNC(=O)Cc1cccc(C2=c3cc4c(cc3Oc3cc5c(cc32)C(CS(=O)(=O)O)=CC(C)(C)N5C)=[N+](C)C(C)(C)C=C4CS(=O)(=O)O)c1C(=O)O. The summed E-state index contributed by atoms with van der Waals surface area (Å²) in [6, 6.07) is 22.0. The van der Waals surface area contributed by atoms with Crippen molar-refractivity contribution in [2.24, 2.45) is 0 Å². The number of hydrogen-bond acceptors (Lipinski definition) is 11. The Morgan fingerprint density at radius 3 is 2.11 bits per heavy atom. The molecule has 5 aromatic rings. The highest BCUT2D eigenvalue weighted by Gasteiger charge is 2.38. The zero-order chi connectivity index (χ0) is 54.4. The Morgan fingerprint density at radius 2 is 1.44 bits per heavy atom. The van der Waals surface area contributed by atoms with Crippen LogP contribution in [0.25, 0.3) is 27.6 Å². The van der Waals surface area contributed by atoms with Gasteiger partial charge >= 0.3 is 5.97 Å². The van der Waals surface area contributed by atoms with Crippen molar-refractivity contribution in [2.45, 2.75) is 84.0 Å². The lowest BCUT2D eigenvalue weighted by Gasteiger charge is -2.41. The van der Waals surface area contributed by atoms with E-state index < -0.39 is 54.7 Å². The van der Waals surface area contributed by atoms with Crippen molar-refractivity contribution in [3.8, 4) is 11.5 Å². The zero-order valence-electron chi connectivity index (χ0n) is 43.6. The number of ether oxygens (including phenoxy) is 1. The zero-order valence-corrected chi connectivity index (χ0v) is 45.2. The summed E-state index contributed by atoms with van der Waals surface area (Å²) < 4.78 is 81.0. The van der Waals surface area contributed by atoms with Gasteiger partial charge in [-0.15, -0.1) is 0 Å². The van der Waals surface area contributed by atoms with Crippen molar-refractivity contribution in [3.63, 3.8) is 0 Å². The number of para-hydroxylation sites is 1. The fraction of sp³-hybridized carbons (Fsp3) is 0.382. The summed E-state index contributed by atoms with van der Waals surface area (Å²) in [6.07, 6.45) is 5.57. The number of hydrogen-bond donors (Lipinski definition) is 6. The number of aryl methyl sites for hydroxylation is 1. The fourth-order valence-electron chi connectivity index (χ4n) is 10.4. The van der Waals surface area contributed by atoms with E-state index in [-0.39, 0.29) is 29.0 Å². The van der Waals surface area contributed by atoms with E-state index in [4.69, 9.17) is 4.74 Å². The number of carboxylic acid groups (broad SMARTS) is 1. The third-order valence-electron chi connectivity index (χ3n) is 14.6. The second-order valence-electron chi connectivity index (χ2n) is 20.7. The van der Waals surface area contributed by atoms with E-state index in [1.165, 1.54) is 0 Å². The van der Waals surface area contributed by atoms with Gasteiger partial charge in [0.2, 0.25) is 17.2 Å². The molecule has 2 amide bonds. The van der Waals surface area contributed by atoms with Crippen molar-refractivity contribution >= 4 is 71.3 Å². The van der Waals surface area contributed by atoms with Crippen LogP contribution in [0.15, 0.2) is 84.9 Å². The predicted octanol–water partition coefficient (Wildman–Crippen LogP) is 4.98. The Labute approximate surface area is 437 Å². The maximum absolute atomic E-state index is 13.6. The number of fused-ring (bicyclic) bond motifs is 5. The van der Waals surface area contributed by atoms with Crippen LogP contribution in [-0.4, -0.2) is 122 Å². The molecule has 3 aliphatic heterocycles. The van der Waals surface area contributed by atoms with Gasteiger partial charge in [0, 0.05) is 98.9 Å². The molecule has 20 heteroatoms. The first-order chi connectivity index (χ1) is 35.2. The van der Waals surface area contributed by atoms with Crippen LogP contribution in [0.3, 0.4) is 0 Å². The molecule has 0 atom stereocenters. The second-order valence-corrected chi connectivity index (χ2v) is 23.6. The number of anilines is 1. The molecule has 0 radical (unpaired) electrons. The summed E-state index contributed by atoms with van der Waals surface area (Å²) >= 11 is 0. The molecular weight excluding hydrogens is 999 g/mol. The average Bonchev–Trinajstić information content (AvgIpc) is 3.67. The lowest BCUT2D eigenvalue weighted by atomic mass is 9.82. The number of nitrogens with zero attached hydrogens (tertiary/aromatic N) is 4. The number of aromatic carboxylic acids is 1. The number of carboxylic acids is 1. The second kappa shape index (κ2) is 21.2. The molecule has 75 heavy (non-hydrogen) atoms. The molecule has 0 saturated heterocycles. The molecule has 0 bridgehead atoms. The summed E-state index contributed by atoms with van der Waals surface area (Å²) in [5.41, 5.74) is 6.96. The number of aromatic nitrogens is 1. The summed E-state index contributed by atoms with van der Waals surface area (Å²) in [5.74, 6) is -2.56. The number of unbranched alkanes of at least 4 members (excludes halogenated alkanes) is 2. The average molecular weight is 1070 g/mol. The van der Waals surface area contributed by atoms with Crippen molar-refractivity contribution in [1.82, 2.24) is 30.2 Å². The number of carbonyl (C=O) groups excluding carboxylic acids is 2. The van der Waals surface area contributed by atoms with Crippen LogP contribution in [0.2, 0.25) is 0 Å². The Hall–Kier alpha value is -6.68. The van der Waals surface area contributed by atoms with Gasteiger partial charge in [0.25, 0.3) is 20.2 Å². The van der Waals surface area contributed by atoms with Crippen LogP contribution in [0.5, 0.6) is 11.5 Å². The molecule has 0 saturated carbocycles. The monoisotopic (exact) mass is 1060 g/mol. The molecule has 0 fully saturated rings. The highest BCUT2D eigenvalue weighted by Crippen LogP contribution is 2.47. The normalized spacial score (nSPS) is 15.6. The highest BCUT2D eigenvalue weighted by atomic mass is 32.2. The number of amides is 2. The lowest BCUT2D eigenvalue weighted by Crippen LogP contribution is -2.47. The topological polar surface area (TPSA) is 240 Å².